The molecule has 30 heteroatoms. The summed E-state index contributed by atoms with van der Waals surface area (Å²) in [4.78, 5) is 15.3. The molecular weight excluding hydrogens is 1250 g/mol. The van der Waals surface area contributed by atoms with Crippen molar-refractivity contribution in [3.05, 3.63) is 11.6 Å². The molecule has 11 rings (SSSR count). The molecule has 37 atom stereocenters. The summed E-state index contributed by atoms with van der Waals surface area (Å²) in [5.41, 5.74) is -2.33. The topological polar surface area (TPSA) is 472 Å². The van der Waals surface area contributed by atoms with Gasteiger partial charge in [-0.3, -0.25) is 4.79 Å². The van der Waals surface area contributed by atoms with Gasteiger partial charge in [-0.1, -0.05) is 53.2 Å². The van der Waals surface area contributed by atoms with E-state index in [4.69, 9.17) is 56.8 Å². The fourth-order valence-corrected chi connectivity index (χ4v) is 18.7. The molecule has 0 aromatic heterocycles. The van der Waals surface area contributed by atoms with Crippen LogP contribution in [0.2, 0.25) is 0 Å². The second kappa shape index (κ2) is 27.5. The lowest BCUT2D eigenvalue weighted by atomic mass is 9.33. The summed E-state index contributed by atoms with van der Waals surface area (Å²) < 4.78 is 72.1. The van der Waals surface area contributed by atoms with Crippen molar-refractivity contribution in [2.24, 2.45) is 50.2 Å². The van der Waals surface area contributed by atoms with E-state index in [0.717, 1.165) is 12.0 Å². The van der Waals surface area contributed by atoms with Crippen molar-refractivity contribution < 1.29 is 148 Å². The van der Waals surface area contributed by atoms with Crippen LogP contribution in [0.4, 0.5) is 0 Å². The zero-order chi connectivity index (χ0) is 68.4. The van der Waals surface area contributed by atoms with E-state index in [0.29, 0.717) is 57.8 Å². The predicted octanol–water partition coefficient (Wildman–Crippen LogP) is -4.08. The van der Waals surface area contributed by atoms with Crippen LogP contribution in [-0.4, -0.2) is 304 Å². The Bertz CT molecular complexity index is 2640. The van der Waals surface area contributed by atoms with Crippen LogP contribution in [0.1, 0.15) is 120 Å². The molecule has 30 nitrogen and oxygen atoms in total. The molecule has 4 saturated carbocycles. The first-order chi connectivity index (χ1) is 44.1. The first-order valence-electron chi connectivity index (χ1n) is 33.5. The lowest BCUT2D eigenvalue weighted by Crippen LogP contribution is -2.67. The van der Waals surface area contributed by atoms with Gasteiger partial charge in [-0.05, 0) is 117 Å². The maximum atomic E-state index is 15.3. The smallest absolute Gasteiger partial charge is 0.315 e. The van der Waals surface area contributed by atoms with Crippen LogP contribution in [0.3, 0.4) is 0 Å². The molecule has 6 saturated heterocycles. The Kier molecular flexibility index (Phi) is 21.4. The lowest BCUT2D eigenvalue weighted by molar-refractivity contribution is -0.384. The van der Waals surface area contributed by atoms with Crippen LogP contribution in [-0.2, 0) is 61.6 Å². The SMILES string of the molecule is C[C@@H]1O[C@@H](O[C@H]2[C@H](O[C@H]3CC[C@@]4(C)[C@@H](CC[C@]5(C)[C@@H]4CC=C4[C@@H]6CC(C)(C)CC[C@]6(C(=O)O[C@@H]6O[C@H](CO[C@@H]7O[C@H](CO)[C@@H](O[C@@H]8O[C@@H](C)[C@H](O)[C@@H](O)[C@H]8O)[C@H](O)[C@H]7O)[C@@H](O)[C@H](O)[C@H]6O)CC[C@]45C)[C@]3(C)CO)OC[C@H](O)[C@@H]2O[C@@H]2OC[C@H](O)[C@H](O)[C@H]2O)[C@H](O)[C@H](O)[C@H]1O. The third kappa shape index (κ3) is 12.5. The average Bonchev–Trinajstić information content (AvgIpc) is 0.675. The van der Waals surface area contributed by atoms with Crippen molar-refractivity contribution in [3.63, 3.8) is 0 Å². The Labute approximate surface area is 545 Å². The second-order valence-electron chi connectivity index (χ2n) is 30.8. The molecule has 0 amide bonds. The number of aliphatic hydroxyl groups excluding tert-OH is 17. The third-order valence-corrected chi connectivity index (χ3v) is 24.9. The highest BCUT2D eigenvalue weighted by atomic mass is 16.8. The number of ether oxygens (including phenoxy) is 12. The molecule has 11 aliphatic rings. The first kappa shape index (κ1) is 73.3. The summed E-state index contributed by atoms with van der Waals surface area (Å²) in [7, 11) is 0. The molecule has 17 N–H and O–H groups in total. The van der Waals surface area contributed by atoms with Gasteiger partial charge in [0.1, 0.15) is 122 Å². The van der Waals surface area contributed by atoms with E-state index in [9.17, 15) is 86.8 Å². The molecule has 540 valence electrons. The molecule has 0 radical (unpaired) electrons. The van der Waals surface area contributed by atoms with Crippen molar-refractivity contribution in [2.75, 3.05) is 33.0 Å². The van der Waals surface area contributed by atoms with Crippen LogP contribution in [0.25, 0.3) is 0 Å². The van der Waals surface area contributed by atoms with E-state index in [2.05, 4.69) is 40.7 Å². The van der Waals surface area contributed by atoms with Crippen LogP contribution in [0.15, 0.2) is 11.6 Å². The van der Waals surface area contributed by atoms with Crippen molar-refractivity contribution in [1.82, 2.24) is 0 Å². The number of hydrogen-bond donors (Lipinski definition) is 17. The summed E-state index contributed by atoms with van der Waals surface area (Å²) in [6.45, 7) is 13.6. The van der Waals surface area contributed by atoms with Crippen LogP contribution in [0, 0.1) is 50.2 Å². The Morgan fingerprint density at radius 1 is 0.511 bits per heavy atom. The number of carbonyl (C=O) groups is 1. The zero-order valence-electron chi connectivity index (χ0n) is 54.6. The van der Waals surface area contributed by atoms with Gasteiger partial charge in [0.15, 0.2) is 31.5 Å². The second-order valence-corrected chi connectivity index (χ2v) is 30.8. The van der Waals surface area contributed by atoms with Crippen LogP contribution < -0.4 is 0 Å². The van der Waals surface area contributed by atoms with E-state index < -0.39 is 226 Å². The predicted molar refractivity (Wildman–Crippen MR) is 315 cm³/mol. The molecule has 0 spiro atoms. The minimum Gasteiger partial charge on any atom is -0.432 e. The number of aliphatic hydroxyl groups is 17. The van der Waals surface area contributed by atoms with Crippen molar-refractivity contribution in [2.45, 2.75) is 298 Å². The molecule has 94 heavy (non-hydrogen) atoms. The van der Waals surface area contributed by atoms with E-state index >= 15 is 4.79 Å². The normalized spacial score (nSPS) is 55.3. The Balaban J connectivity index is 0.794. The van der Waals surface area contributed by atoms with Gasteiger partial charge in [-0.2, -0.15) is 0 Å². The Morgan fingerprint density at radius 3 is 1.70 bits per heavy atom. The molecule has 0 aromatic carbocycles. The average molecular weight is 1350 g/mol. The van der Waals surface area contributed by atoms with Gasteiger partial charge in [0.05, 0.1) is 56.8 Å². The van der Waals surface area contributed by atoms with E-state index in [-0.39, 0.29) is 41.8 Å². The molecule has 10 fully saturated rings. The van der Waals surface area contributed by atoms with Gasteiger partial charge in [0, 0.05) is 5.41 Å². The van der Waals surface area contributed by atoms with Crippen molar-refractivity contribution >= 4 is 5.97 Å². The molecule has 5 aliphatic carbocycles. The summed E-state index contributed by atoms with van der Waals surface area (Å²) in [5, 5.41) is 185. The summed E-state index contributed by atoms with van der Waals surface area (Å²) >= 11 is 0. The Hall–Kier alpha value is -1.91. The molecule has 0 bridgehead atoms. The monoisotopic (exact) mass is 1350 g/mol. The van der Waals surface area contributed by atoms with Gasteiger partial charge in [0.2, 0.25) is 6.29 Å². The van der Waals surface area contributed by atoms with E-state index in [1.165, 1.54) is 13.8 Å². The summed E-state index contributed by atoms with van der Waals surface area (Å²) in [5.74, 6) is -1.07. The fraction of sp³-hybridized carbons (Fsp3) is 0.953. The zero-order valence-corrected chi connectivity index (χ0v) is 54.6. The number of hydrogen-bond acceptors (Lipinski definition) is 30. The van der Waals surface area contributed by atoms with Gasteiger partial charge >= 0.3 is 5.97 Å². The Morgan fingerprint density at radius 2 is 1.06 bits per heavy atom. The number of fused-ring (bicyclic) bond motifs is 7. The highest BCUT2D eigenvalue weighted by molar-refractivity contribution is 5.79. The lowest BCUT2D eigenvalue weighted by Gasteiger charge is -2.71. The maximum Gasteiger partial charge on any atom is 0.315 e. The summed E-state index contributed by atoms with van der Waals surface area (Å²) in [6, 6.07) is 0. The quantitative estimate of drug-likeness (QED) is 0.0421. The molecule has 0 aromatic rings. The van der Waals surface area contributed by atoms with E-state index in [1.807, 2.05) is 6.92 Å². The molecule has 0 unspecified atom stereocenters. The number of esters is 1. The van der Waals surface area contributed by atoms with Gasteiger partial charge in [-0.15, -0.1) is 0 Å². The van der Waals surface area contributed by atoms with E-state index in [1.54, 1.807) is 0 Å². The van der Waals surface area contributed by atoms with Gasteiger partial charge in [-0.25, -0.2) is 0 Å². The minimum atomic E-state index is -1.92. The molecular formula is C64H104O30. The van der Waals surface area contributed by atoms with Crippen molar-refractivity contribution in [1.29, 1.82) is 0 Å². The highest BCUT2D eigenvalue weighted by Crippen LogP contribution is 2.76. The number of allylic oxidation sites excluding steroid dienone is 2. The van der Waals surface area contributed by atoms with Crippen LogP contribution in [0.5, 0.6) is 0 Å². The third-order valence-electron chi connectivity index (χ3n) is 24.9. The number of rotatable bonds is 15. The van der Waals surface area contributed by atoms with Gasteiger partial charge in [0.25, 0.3) is 0 Å². The minimum absolute atomic E-state index is 0.0558. The number of carbonyl (C=O) groups excluding carboxylic acids is 1. The standard InChI is InChI=1S/C64H104O30/c1-25-36(69)40(73)45(78)54(86-25)92-50-31(20-65)88-52(48(81)43(50)76)85-23-32-39(72)42(75)47(80)56(89-32)94-58(82)64-17-15-59(3,4)19-28(64)27-9-10-34-60(5)13-12-35(61(6,24-66)33(60)11-14-63(34,8)62(27,7)16-18-64)90-57-51(93-55-46(79)41(74)37(70)26(2)87-55)49(30(68)22-84-57)91-53-44(77)38(71)29(67)21-83-53/h9,25-26,28-57,65-81H,10-24H2,1-8H3/t25-,26-,28-,29-,30-,31+,32+,33+,34+,35-,36-,37-,38-,39+,40+,41+,42-,43+,44+,45+,46+,47+,48+,49-,50+,51+,52+,53-,54-,55-,56-,57-,60-,61-,62+,63+,64-/m0/s1. The maximum absolute atomic E-state index is 15.3. The van der Waals surface area contributed by atoms with Crippen molar-refractivity contribution in [3.8, 4) is 0 Å². The summed E-state index contributed by atoms with van der Waals surface area (Å²) in [6.07, 6.45) is -37.7. The van der Waals surface area contributed by atoms with Crippen LogP contribution >= 0.6 is 0 Å². The highest BCUT2D eigenvalue weighted by Gasteiger charge is 2.71. The molecule has 6 heterocycles. The van der Waals surface area contributed by atoms with Gasteiger partial charge < -0.3 is 144 Å². The first-order valence-corrected chi connectivity index (χ1v) is 33.5. The largest absolute Gasteiger partial charge is 0.432 e. The molecule has 6 aliphatic heterocycles. The fourth-order valence-electron chi connectivity index (χ4n) is 18.7.